The first-order chi connectivity index (χ1) is 11.2. The summed E-state index contributed by atoms with van der Waals surface area (Å²) in [4.78, 5) is 21.1. The van der Waals surface area contributed by atoms with Gasteiger partial charge in [0.25, 0.3) is 0 Å². The molecule has 2 amide bonds. The van der Waals surface area contributed by atoms with E-state index in [-0.39, 0.29) is 11.5 Å². The molecule has 0 aromatic heterocycles. The van der Waals surface area contributed by atoms with Gasteiger partial charge in [0.1, 0.15) is 5.60 Å². The summed E-state index contributed by atoms with van der Waals surface area (Å²) in [5.74, 6) is 0.258. The van der Waals surface area contributed by atoms with Crippen LogP contribution >= 0.6 is 0 Å². The first-order valence-electron chi connectivity index (χ1n) is 8.90. The van der Waals surface area contributed by atoms with Gasteiger partial charge < -0.3 is 26.6 Å². The number of ether oxygens (including phenoxy) is 1. The second-order valence-electron chi connectivity index (χ2n) is 7.46. The standard InChI is InChI=1S/C9H18N2O2.C8H15NO2/c1-9(13-8(11)12)5-3-2-4-7(9)6-10;1-8(9-7(10)11)5-3-2-4-6-8/h7H,2-6,10H2,1H3,(H2,11,12);9H,2-6H2,1H3,(H,10,11). The van der Waals surface area contributed by atoms with Gasteiger partial charge in [-0.1, -0.05) is 25.7 Å². The molecule has 0 radical (unpaired) electrons. The lowest BCUT2D eigenvalue weighted by molar-refractivity contribution is -0.0384. The minimum Gasteiger partial charge on any atom is -0.465 e. The van der Waals surface area contributed by atoms with Crippen molar-refractivity contribution in [2.45, 2.75) is 82.8 Å². The maximum atomic E-state index is 10.7. The SMILES string of the molecule is CC1(NC(=O)O)CCCCC1.CC1(OC(N)=O)CCCCC1CN. The molecule has 2 rings (SSSR count). The fourth-order valence-electron chi connectivity index (χ4n) is 3.82. The molecule has 2 fully saturated rings. The zero-order valence-corrected chi connectivity index (χ0v) is 15.0. The second kappa shape index (κ2) is 9.11. The van der Waals surface area contributed by atoms with Crippen LogP contribution in [0.25, 0.3) is 0 Å². The van der Waals surface area contributed by atoms with Crippen LogP contribution in [0.4, 0.5) is 9.59 Å². The lowest BCUT2D eigenvalue weighted by atomic mass is 9.76. The quantitative estimate of drug-likeness (QED) is 0.626. The predicted molar refractivity (Wildman–Crippen MR) is 92.7 cm³/mol. The number of carbonyl (C=O) groups excluding carboxylic acids is 1. The highest BCUT2D eigenvalue weighted by Crippen LogP contribution is 2.35. The van der Waals surface area contributed by atoms with E-state index in [0.29, 0.717) is 6.54 Å². The Labute approximate surface area is 144 Å². The molecule has 2 aliphatic carbocycles. The Bertz CT molecular complexity index is 424. The number of carboxylic acid groups (broad SMARTS) is 1. The zero-order valence-electron chi connectivity index (χ0n) is 15.0. The molecule has 2 unspecified atom stereocenters. The Morgan fingerprint density at radius 3 is 2.21 bits per heavy atom. The summed E-state index contributed by atoms with van der Waals surface area (Å²) in [5.41, 5.74) is 10.1. The molecule has 2 saturated carbocycles. The molecule has 0 aliphatic heterocycles. The third-order valence-corrected chi connectivity index (χ3v) is 5.32. The van der Waals surface area contributed by atoms with Crippen molar-refractivity contribution in [3.63, 3.8) is 0 Å². The van der Waals surface area contributed by atoms with Crippen LogP contribution in [0.3, 0.4) is 0 Å². The minimum atomic E-state index is -0.894. The van der Waals surface area contributed by atoms with E-state index in [2.05, 4.69) is 5.32 Å². The lowest BCUT2D eigenvalue weighted by Gasteiger charge is -2.39. The minimum absolute atomic E-state index is 0.149. The van der Waals surface area contributed by atoms with Crippen LogP contribution in [-0.4, -0.2) is 35.0 Å². The highest BCUT2D eigenvalue weighted by atomic mass is 16.6. The van der Waals surface area contributed by atoms with Gasteiger partial charge in [-0.15, -0.1) is 0 Å². The van der Waals surface area contributed by atoms with Gasteiger partial charge in [0.2, 0.25) is 0 Å². The molecular formula is C17H33N3O4. The third kappa shape index (κ3) is 6.55. The summed E-state index contributed by atoms with van der Waals surface area (Å²) in [5, 5.41) is 11.1. The Morgan fingerprint density at radius 2 is 1.71 bits per heavy atom. The number of carbonyl (C=O) groups is 2. The third-order valence-electron chi connectivity index (χ3n) is 5.32. The molecule has 7 heteroatoms. The summed E-state index contributed by atoms with van der Waals surface area (Å²) >= 11 is 0. The molecule has 6 N–H and O–H groups in total. The van der Waals surface area contributed by atoms with E-state index in [4.69, 9.17) is 21.3 Å². The van der Waals surface area contributed by atoms with E-state index in [1.54, 1.807) is 0 Å². The van der Waals surface area contributed by atoms with Crippen LogP contribution in [0.5, 0.6) is 0 Å². The number of amides is 2. The highest BCUT2D eigenvalue weighted by Gasteiger charge is 2.38. The Kier molecular flexibility index (Phi) is 7.79. The van der Waals surface area contributed by atoms with E-state index >= 15 is 0 Å². The van der Waals surface area contributed by atoms with Crippen LogP contribution < -0.4 is 16.8 Å². The van der Waals surface area contributed by atoms with Gasteiger partial charge in [-0.3, -0.25) is 0 Å². The fourth-order valence-corrected chi connectivity index (χ4v) is 3.82. The molecule has 0 aromatic carbocycles. The molecule has 24 heavy (non-hydrogen) atoms. The van der Waals surface area contributed by atoms with Crippen molar-refractivity contribution in [3.05, 3.63) is 0 Å². The second-order valence-corrected chi connectivity index (χ2v) is 7.46. The lowest BCUT2D eigenvalue weighted by Crippen LogP contribution is -2.46. The van der Waals surface area contributed by atoms with Crippen molar-refractivity contribution < 1.29 is 19.4 Å². The van der Waals surface area contributed by atoms with Crippen molar-refractivity contribution >= 4 is 12.2 Å². The van der Waals surface area contributed by atoms with Crippen LogP contribution in [0, 0.1) is 5.92 Å². The number of hydrogen-bond donors (Lipinski definition) is 4. The Balaban J connectivity index is 0.000000243. The smallest absolute Gasteiger partial charge is 0.405 e. The van der Waals surface area contributed by atoms with Gasteiger partial charge in [-0.05, 0) is 52.5 Å². The van der Waals surface area contributed by atoms with Crippen molar-refractivity contribution in [3.8, 4) is 0 Å². The van der Waals surface area contributed by atoms with Crippen molar-refractivity contribution in [1.82, 2.24) is 5.32 Å². The Morgan fingerprint density at radius 1 is 1.12 bits per heavy atom. The molecule has 0 saturated heterocycles. The topological polar surface area (TPSA) is 128 Å². The first-order valence-corrected chi connectivity index (χ1v) is 8.90. The molecule has 7 nitrogen and oxygen atoms in total. The van der Waals surface area contributed by atoms with Gasteiger partial charge in [0.05, 0.1) is 0 Å². The number of hydrogen-bond acceptors (Lipinski definition) is 4. The van der Waals surface area contributed by atoms with Gasteiger partial charge in [0.15, 0.2) is 0 Å². The van der Waals surface area contributed by atoms with Gasteiger partial charge in [-0.2, -0.15) is 0 Å². The monoisotopic (exact) mass is 343 g/mol. The van der Waals surface area contributed by atoms with E-state index in [1.165, 1.54) is 12.8 Å². The summed E-state index contributed by atoms with van der Waals surface area (Å²) < 4.78 is 5.14. The van der Waals surface area contributed by atoms with Crippen LogP contribution in [0.1, 0.15) is 71.6 Å². The molecular weight excluding hydrogens is 310 g/mol. The molecule has 0 aromatic rings. The largest absolute Gasteiger partial charge is 0.465 e. The van der Waals surface area contributed by atoms with Gasteiger partial charge in [0, 0.05) is 11.5 Å². The summed E-state index contributed by atoms with van der Waals surface area (Å²) in [7, 11) is 0. The number of nitrogens with one attached hydrogen (secondary N) is 1. The molecule has 0 bridgehead atoms. The summed E-state index contributed by atoms with van der Waals surface area (Å²) in [6.45, 7) is 4.47. The fraction of sp³-hybridized carbons (Fsp3) is 0.882. The number of rotatable bonds is 3. The zero-order chi connectivity index (χ0) is 18.2. The average Bonchev–Trinajstić information content (AvgIpc) is 2.46. The molecule has 140 valence electrons. The van der Waals surface area contributed by atoms with E-state index in [9.17, 15) is 9.59 Å². The van der Waals surface area contributed by atoms with Crippen molar-refractivity contribution in [2.75, 3.05) is 6.54 Å². The van der Waals surface area contributed by atoms with Crippen LogP contribution in [0.2, 0.25) is 0 Å². The summed E-state index contributed by atoms with van der Waals surface area (Å²) in [6, 6.07) is 0. The Hall–Kier alpha value is -1.50. The highest BCUT2D eigenvalue weighted by molar-refractivity contribution is 5.65. The molecule has 2 aliphatic rings. The first kappa shape index (κ1) is 20.5. The predicted octanol–water partition coefficient (Wildman–Crippen LogP) is 2.97. The van der Waals surface area contributed by atoms with Crippen molar-refractivity contribution in [2.24, 2.45) is 17.4 Å². The maximum absolute atomic E-state index is 10.7. The van der Waals surface area contributed by atoms with E-state index in [1.807, 2.05) is 13.8 Å². The summed E-state index contributed by atoms with van der Waals surface area (Å²) in [6.07, 6.45) is 8.08. The number of nitrogens with two attached hydrogens (primary N) is 2. The number of primary amides is 1. The van der Waals surface area contributed by atoms with Gasteiger partial charge in [-0.25, -0.2) is 9.59 Å². The normalized spacial score (nSPS) is 28.9. The average molecular weight is 343 g/mol. The van der Waals surface area contributed by atoms with Crippen LogP contribution in [0.15, 0.2) is 0 Å². The molecule has 0 spiro atoms. The van der Waals surface area contributed by atoms with E-state index < -0.39 is 17.8 Å². The van der Waals surface area contributed by atoms with Crippen LogP contribution in [-0.2, 0) is 4.74 Å². The van der Waals surface area contributed by atoms with Crippen molar-refractivity contribution in [1.29, 1.82) is 0 Å². The molecule has 0 heterocycles. The van der Waals surface area contributed by atoms with E-state index in [0.717, 1.165) is 44.9 Å². The molecule has 2 atom stereocenters. The van der Waals surface area contributed by atoms with Gasteiger partial charge >= 0.3 is 12.2 Å². The maximum Gasteiger partial charge on any atom is 0.405 e.